The Labute approximate surface area is 115 Å². The highest BCUT2D eigenvalue weighted by molar-refractivity contribution is 5.96. The number of hydrogen-bond donors (Lipinski definition) is 2. The summed E-state index contributed by atoms with van der Waals surface area (Å²) in [4.78, 5) is 16.4. The lowest BCUT2D eigenvalue weighted by atomic mass is 10.1. The minimum absolute atomic E-state index is 0.134. The third kappa shape index (κ3) is 2.68. The van der Waals surface area contributed by atoms with Gasteiger partial charge >= 0.3 is 5.69 Å². The van der Waals surface area contributed by atoms with E-state index < -0.39 is 4.92 Å². The smallest absolute Gasteiger partial charge is 0.311 e. The van der Waals surface area contributed by atoms with Crippen LogP contribution in [0.1, 0.15) is 0 Å². The number of fused-ring (bicyclic) bond motifs is 1. The molecule has 0 aliphatic carbocycles. The zero-order chi connectivity index (χ0) is 14.5. The molecule has 0 unspecified atom stereocenters. The Balaban J connectivity index is 2.67. The number of aliphatic hydroxyl groups is 2. The molecule has 0 spiro atoms. The summed E-state index contributed by atoms with van der Waals surface area (Å²) in [6.07, 6.45) is 1.21. The second-order valence-electron chi connectivity index (χ2n) is 4.20. The molecule has 0 aliphatic heterocycles. The van der Waals surface area contributed by atoms with Gasteiger partial charge in [0.2, 0.25) is 0 Å². The molecule has 1 aromatic carbocycles. The van der Waals surface area contributed by atoms with Crippen LogP contribution in [0.25, 0.3) is 10.9 Å². The number of anilines is 1. The van der Waals surface area contributed by atoms with Crippen molar-refractivity contribution in [2.24, 2.45) is 0 Å². The second kappa shape index (κ2) is 6.27. The van der Waals surface area contributed by atoms with Gasteiger partial charge in [-0.3, -0.25) is 10.1 Å². The zero-order valence-electron chi connectivity index (χ0n) is 10.8. The van der Waals surface area contributed by atoms with E-state index in [1.165, 1.54) is 6.20 Å². The van der Waals surface area contributed by atoms with Gasteiger partial charge in [0.1, 0.15) is 11.9 Å². The molecule has 0 bridgehead atoms. The lowest BCUT2D eigenvalue weighted by Crippen LogP contribution is -2.30. The lowest BCUT2D eigenvalue weighted by molar-refractivity contribution is -0.384. The Morgan fingerprint density at radius 3 is 2.45 bits per heavy atom. The normalized spacial score (nSPS) is 10.7. The van der Waals surface area contributed by atoms with E-state index in [0.29, 0.717) is 16.6 Å². The van der Waals surface area contributed by atoms with Crippen LogP contribution in [0.4, 0.5) is 11.4 Å². The van der Waals surface area contributed by atoms with Crippen molar-refractivity contribution in [1.29, 1.82) is 0 Å². The van der Waals surface area contributed by atoms with Gasteiger partial charge in [0.25, 0.3) is 0 Å². The first kappa shape index (κ1) is 14.2. The highest BCUT2D eigenvalue weighted by Gasteiger charge is 2.22. The van der Waals surface area contributed by atoms with E-state index in [1.807, 2.05) is 0 Å². The summed E-state index contributed by atoms with van der Waals surface area (Å²) >= 11 is 0. The number of nitro groups is 1. The standard InChI is InChI=1S/C13H15N3O4/c17-7-5-15(6-8-18)13-10-3-1-2-4-11(10)14-9-12(13)16(19)20/h1-4,9,17-18H,5-8H2. The van der Waals surface area contributed by atoms with Crippen molar-refractivity contribution >= 4 is 22.3 Å². The summed E-state index contributed by atoms with van der Waals surface area (Å²) in [5.41, 5.74) is 0.878. The fraction of sp³-hybridized carbons (Fsp3) is 0.308. The quantitative estimate of drug-likeness (QED) is 0.602. The van der Waals surface area contributed by atoms with E-state index >= 15 is 0 Å². The molecule has 0 saturated heterocycles. The molecule has 1 heterocycles. The maximum absolute atomic E-state index is 11.2. The number of hydrogen-bond acceptors (Lipinski definition) is 6. The minimum atomic E-state index is -0.503. The molecule has 0 saturated carbocycles. The van der Waals surface area contributed by atoms with E-state index in [9.17, 15) is 10.1 Å². The van der Waals surface area contributed by atoms with Crippen LogP contribution in [0.2, 0.25) is 0 Å². The molecule has 0 aliphatic rings. The molecule has 2 aromatic rings. The number of nitrogens with zero attached hydrogens (tertiary/aromatic N) is 3. The third-order valence-corrected chi connectivity index (χ3v) is 2.98. The third-order valence-electron chi connectivity index (χ3n) is 2.98. The fourth-order valence-electron chi connectivity index (χ4n) is 2.16. The van der Waals surface area contributed by atoms with Crippen molar-refractivity contribution < 1.29 is 15.1 Å². The summed E-state index contributed by atoms with van der Waals surface area (Å²) in [6.45, 7) is 0.0897. The van der Waals surface area contributed by atoms with Crippen molar-refractivity contribution in [2.45, 2.75) is 0 Å². The summed E-state index contributed by atoms with van der Waals surface area (Å²) in [5.74, 6) is 0. The average molecular weight is 277 g/mol. The van der Waals surface area contributed by atoms with Gasteiger partial charge in [-0.25, -0.2) is 4.98 Å². The molecule has 0 radical (unpaired) electrons. The minimum Gasteiger partial charge on any atom is -0.395 e. The van der Waals surface area contributed by atoms with Gasteiger partial charge in [-0.05, 0) is 6.07 Å². The Morgan fingerprint density at radius 2 is 1.85 bits per heavy atom. The summed E-state index contributed by atoms with van der Waals surface area (Å²) < 4.78 is 0. The van der Waals surface area contributed by atoms with Crippen LogP contribution < -0.4 is 4.90 Å². The number of para-hydroxylation sites is 1. The van der Waals surface area contributed by atoms with Gasteiger partial charge in [0.15, 0.2) is 0 Å². The average Bonchev–Trinajstić information content (AvgIpc) is 2.45. The van der Waals surface area contributed by atoms with Gasteiger partial charge in [-0.2, -0.15) is 0 Å². The topological polar surface area (TPSA) is 99.7 Å². The molecule has 0 fully saturated rings. The van der Waals surface area contributed by atoms with Crippen LogP contribution in [0, 0.1) is 10.1 Å². The number of pyridine rings is 1. The molecule has 7 nitrogen and oxygen atoms in total. The largest absolute Gasteiger partial charge is 0.395 e. The Kier molecular flexibility index (Phi) is 4.44. The number of aromatic nitrogens is 1. The Morgan fingerprint density at radius 1 is 1.20 bits per heavy atom. The monoisotopic (exact) mass is 277 g/mol. The second-order valence-corrected chi connectivity index (χ2v) is 4.20. The molecule has 0 atom stereocenters. The number of benzene rings is 1. The molecular weight excluding hydrogens is 262 g/mol. The fourth-order valence-corrected chi connectivity index (χ4v) is 2.16. The van der Waals surface area contributed by atoms with Crippen molar-refractivity contribution in [3.05, 3.63) is 40.6 Å². The molecule has 0 amide bonds. The van der Waals surface area contributed by atoms with Crippen LogP contribution in [0.3, 0.4) is 0 Å². The van der Waals surface area contributed by atoms with Crippen LogP contribution in [-0.4, -0.2) is 46.4 Å². The maximum Gasteiger partial charge on any atom is 0.311 e. The van der Waals surface area contributed by atoms with Crippen LogP contribution in [-0.2, 0) is 0 Å². The predicted octanol–water partition coefficient (Wildman–Crippen LogP) is 0.934. The molecule has 2 rings (SSSR count). The van der Waals surface area contributed by atoms with E-state index in [-0.39, 0.29) is 32.0 Å². The van der Waals surface area contributed by atoms with E-state index in [4.69, 9.17) is 10.2 Å². The summed E-state index contributed by atoms with van der Waals surface area (Å²) in [7, 11) is 0. The first-order valence-electron chi connectivity index (χ1n) is 6.18. The van der Waals surface area contributed by atoms with Crippen molar-refractivity contribution in [2.75, 3.05) is 31.2 Å². The summed E-state index contributed by atoms with van der Waals surface area (Å²) in [5, 5.41) is 30.1. The van der Waals surface area contributed by atoms with Crippen molar-refractivity contribution in [3.8, 4) is 0 Å². The van der Waals surface area contributed by atoms with Gasteiger partial charge in [-0.15, -0.1) is 0 Å². The molecule has 7 heteroatoms. The lowest BCUT2D eigenvalue weighted by Gasteiger charge is -2.23. The first-order chi connectivity index (χ1) is 9.69. The van der Waals surface area contributed by atoms with Gasteiger partial charge < -0.3 is 15.1 Å². The number of aliphatic hydroxyl groups excluding tert-OH is 2. The zero-order valence-corrected chi connectivity index (χ0v) is 10.8. The maximum atomic E-state index is 11.2. The van der Waals surface area contributed by atoms with E-state index in [0.717, 1.165) is 0 Å². The first-order valence-corrected chi connectivity index (χ1v) is 6.18. The Bertz CT molecular complexity index is 612. The molecule has 106 valence electrons. The molecule has 20 heavy (non-hydrogen) atoms. The highest BCUT2D eigenvalue weighted by Crippen LogP contribution is 2.34. The molecule has 2 N–H and O–H groups in total. The number of rotatable bonds is 6. The summed E-state index contributed by atoms with van der Waals surface area (Å²) in [6, 6.07) is 7.08. The van der Waals surface area contributed by atoms with Gasteiger partial charge in [0.05, 0.1) is 23.7 Å². The van der Waals surface area contributed by atoms with Gasteiger partial charge in [-0.1, -0.05) is 18.2 Å². The van der Waals surface area contributed by atoms with Crippen LogP contribution >= 0.6 is 0 Å². The van der Waals surface area contributed by atoms with Gasteiger partial charge in [0, 0.05) is 18.5 Å². The molecule has 1 aromatic heterocycles. The van der Waals surface area contributed by atoms with Crippen LogP contribution in [0.15, 0.2) is 30.5 Å². The van der Waals surface area contributed by atoms with E-state index in [1.54, 1.807) is 29.2 Å². The molecular formula is C13H15N3O4. The van der Waals surface area contributed by atoms with Crippen molar-refractivity contribution in [1.82, 2.24) is 4.98 Å². The van der Waals surface area contributed by atoms with Crippen molar-refractivity contribution in [3.63, 3.8) is 0 Å². The Hall–Kier alpha value is -2.25. The highest BCUT2D eigenvalue weighted by atomic mass is 16.6. The predicted molar refractivity (Wildman–Crippen MR) is 74.8 cm³/mol. The SMILES string of the molecule is O=[N+]([O-])c1cnc2ccccc2c1N(CCO)CCO. The van der Waals surface area contributed by atoms with E-state index in [2.05, 4.69) is 4.98 Å². The van der Waals surface area contributed by atoms with Crippen LogP contribution in [0.5, 0.6) is 0 Å².